The smallest absolute Gasteiger partial charge is 0.256 e. The standard InChI is InChI=1S/C15H16ClN3O.2ClH/c16-11-8-10-2-1-5-18-14(10)13(9-11)15(20)19-6-3-12(17)4-7-19;;/h1-2,5,8-9,12H,3-4,6-7,17H2;2*1H. The van der Waals surface area contributed by atoms with Crippen LogP contribution in [-0.4, -0.2) is 34.9 Å². The number of nitrogens with two attached hydrogens (primary N) is 1. The van der Waals surface area contributed by atoms with Crippen LogP contribution < -0.4 is 5.73 Å². The number of hydrogen-bond donors (Lipinski definition) is 1. The molecule has 1 saturated heterocycles. The van der Waals surface area contributed by atoms with Gasteiger partial charge in [-0.2, -0.15) is 0 Å². The molecule has 1 aromatic carbocycles. The maximum atomic E-state index is 12.7. The third-order valence-electron chi connectivity index (χ3n) is 3.73. The molecule has 2 heterocycles. The Hall–Kier alpha value is -1.07. The number of nitrogens with zero attached hydrogens (tertiary/aromatic N) is 2. The Bertz CT molecular complexity index is 658. The van der Waals surface area contributed by atoms with E-state index in [0.29, 0.717) is 29.2 Å². The van der Waals surface area contributed by atoms with E-state index >= 15 is 0 Å². The summed E-state index contributed by atoms with van der Waals surface area (Å²) in [6, 6.07) is 7.48. The number of rotatable bonds is 1. The van der Waals surface area contributed by atoms with Gasteiger partial charge in [-0.1, -0.05) is 17.7 Å². The zero-order valence-corrected chi connectivity index (χ0v) is 14.3. The van der Waals surface area contributed by atoms with Crippen molar-refractivity contribution in [3.63, 3.8) is 0 Å². The molecule has 4 nitrogen and oxygen atoms in total. The van der Waals surface area contributed by atoms with Crippen molar-refractivity contribution in [2.24, 2.45) is 5.73 Å². The number of pyridine rings is 1. The number of carbonyl (C=O) groups is 1. The van der Waals surface area contributed by atoms with Gasteiger partial charge in [0.2, 0.25) is 0 Å². The van der Waals surface area contributed by atoms with Gasteiger partial charge in [0.1, 0.15) is 0 Å². The number of piperidine rings is 1. The number of carbonyl (C=O) groups excluding carboxylic acids is 1. The van der Waals surface area contributed by atoms with E-state index in [2.05, 4.69) is 4.98 Å². The molecule has 0 radical (unpaired) electrons. The highest BCUT2D eigenvalue weighted by Gasteiger charge is 2.23. The Morgan fingerprint density at radius 3 is 2.64 bits per heavy atom. The van der Waals surface area contributed by atoms with E-state index in [1.165, 1.54) is 0 Å². The van der Waals surface area contributed by atoms with Crippen LogP contribution in [0.15, 0.2) is 30.5 Å². The molecule has 7 heteroatoms. The van der Waals surface area contributed by atoms with Crippen molar-refractivity contribution in [1.29, 1.82) is 0 Å². The zero-order valence-electron chi connectivity index (χ0n) is 11.9. The second-order valence-corrected chi connectivity index (χ2v) is 5.59. The molecule has 1 aliphatic rings. The van der Waals surface area contributed by atoms with Gasteiger partial charge < -0.3 is 10.6 Å². The van der Waals surface area contributed by atoms with E-state index in [1.807, 2.05) is 23.1 Å². The number of halogens is 3. The number of aromatic nitrogens is 1. The molecule has 1 fully saturated rings. The van der Waals surface area contributed by atoms with Crippen molar-refractivity contribution in [1.82, 2.24) is 9.88 Å². The summed E-state index contributed by atoms with van der Waals surface area (Å²) >= 11 is 6.11. The molecular formula is C15H18Cl3N3O. The Labute approximate surface area is 146 Å². The lowest BCUT2D eigenvalue weighted by Crippen LogP contribution is -2.42. The van der Waals surface area contributed by atoms with Gasteiger partial charge in [-0.05, 0) is 31.0 Å². The highest BCUT2D eigenvalue weighted by Crippen LogP contribution is 2.24. The highest BCUT2D eigenvalue weighted by molar-refractivity contribution is 6.32. The van der Waals surface area contributed by atoms with Crippen LogP contribution in [0.3, 0.4) is 0 Å². The molecule has 0 unspecified atom stereocenters. The molecule has 120 valence electrons. The summed E-state index contributed by atoms with van der Waals surface area (Å²) in [5.41, 5.74) is 7.16. The molecule has 0 bridgehead atoms. The van der Waals surface area contributed by atoms with E-state index < -0.39 is 0 Å². The SMILES string of the molecule is Cl.Cl.NC1CCN(C(=O)c2cc(Cl)cc3cccnc23)CC1. The van der Waals surface area contributed by atoms with Crippen LogP contribution >= 0.6 is 36.4 Å². The fraction of sp³-hybridized carbons (Fsp3) is 0.333. The second kappa shape index (κ2) is 7.97. The van der Waals surface area contributed by atoms with Gasteiger partial charge in [-0.15, -0.1) is 24.8 Å². The summed E-state index contributed by atoms with van der Waals surface area (Å²) in [7, 11) is 0. The van der Waals surface area contributed by atoms with Crippen molar-refractivity contribution in [3.8, 4) is 0 Å². The minimum atomic E-state index is -0.0110. The first-order valence-corrected chi connectivity index (χ1v) is 7.12. The quantitative estimate of drug-likeness (QED) is 0.847. The lowest BCUT2D eigenvalue weighted by Gasteiger charge is -2.30. The normalized spacial score (nSPS) is 15.1. The van der Waals surface area contributed by atoms with E-state index in [1.54, 1.807) is 12.3 Å². The predicted octanol–water partition coefficient (Wildman–Crippen LogP) is 3.30. The van der Waals surface area contributed by atoms with Crippen LogP contribution in [0.4, 0.5) is 0 Å². The Morgan fingerprint density at radius 2 is 1.95 bits per heavy atom. The lowest BCUT2D eigenvalue weighted by atomic mass is 10.0. The summed E-state index contributed by atoms with van der Waals surface area (Å²) in [6.45, 7) is 1.39. The van der Waals surface area contributed by atoms with Crippen molar-refractivity contribution in [3.05, 3.63) is 41.0 Å². The summed E-state index contributed by atoms with van der Waals surface area (Å²) in [5, 5.41) is 1.44. The van der Waals surface area contributed by atoms with Crippen molar-refractivity contribution >= 4 is 53.2 Å². The third kappa shape index (κ3) is 3.82. The molecule has 0 aliphatic carbocycles. The monoisotopic (exact) mass is 361 g/mol. The molecule has 0 spiro atoms. The summed E-state index contributed by atoms with van der Waals surface area (Å²) in [4.78, 5) is 18.8. The predicted molar refractivity (Wildman–Crippen MR) is 94.4 cm³/mol. The molecule has 1 amide bonds. The van der Waals surface area contributed by atoms with Crippen LogP contribution in [0.1, 0.15) is 23.2 Å². The van der Waals surface area contributed by atoms with Gasteiger partial charge in [0.25, 0.3) is 5.91 Å². The average molecular weight is 363 g/mol. The number of likely N-dealkylation sites (tertiary alicyclic amines) is 1. The molecule has 22 heavy (non-hydrogen) atoms. The van der Waals surface area contributed by atoms with E-state index in [4.69, 9.17) is 17.3 Å². The van der Waals surface area contributed by atoms with E-state index in [-0.39, 0.29) is 36.8 Å². The molecule has 3 rings (SSSR count). The number of benzene rings is 1. The molecule has 0 saturated carbocycles. The van der Waals surface area contributed by atoms with Crippen LogP contribution in [-0.2, 0) is 0 Å². The minimum absolute atomic E-state index is 0. The van der Waals surface area contributed by atoms with E-state index in [0.717, 1.165) is 18.2 Å². The van der Waals surface area contributed by atoms with E-state index in [9.17, 15) is 4.79 Å². The first-order valence-electron chi connectivity index (χ1n) is 6.74. The van der Waals surface area contributed by atoms with Gasteiger partial charge in [0.05, 0.1) is 11.1 Å². The molecule has 0 atom stereocenters. The Balaban J connectivity index is 0.00000121. The number of fused-ring (bicyclic) bond motifs is 1. The van der Waals surface area contributed by atoms with Crippen molar-refractivity contribution in [2.45, 2.75) is 18.9 Å². The van der Waals surface area contributed by atoms with Gasteiger partial charge in [0, 0.05) is 35.7 Å². The van der Waals surface area contributed by atoms with Crippen LogP contribution in [0, 0.1) is 0 Å². The molecule has 2 aromatic rings. The first kappa shape index (κ1) is 19.0. The van der Waals surface area contributed by atoms with Gasteiger partial charge in [0.15, 0.2) is 0 Å². The van der Waals surface area contributed by atoms with Gasteiger partial charge >= 0.3 is 0 Å². The maximum Gasteiger partial charge on any atom is 0.256 e. The largest absolute Gasteiger partial charge is 0.338 e. The zero-order chi connectivity index (χ0) is 14.1. The van der Waals surface area contributed by atoms with Crippen LogP contribution in [0.2, 0.25) is 5.02 Å². The fourth-order valence-electron chi connectivity index (χ4n) is 2.59. The number of amides is 1. The summed E-state index contributed by atoms with van der Waals surface area (Å²) in [5.74, 6) is -0.0110. The van der Waals surface area contributed by atoms with Crippen molar-refractivity contribution in [2.75, 3.05) is 13.1 Å². The van der Waals surface area contributed by atoms with Crippen molar-refractivity contribution < 1.29 is 4.79 Å². The minimum Gasteiger partial charge on any atom is -0.338 e. The third-order valence-corrected chi connectivity index (χ3v) is 3.95. The average Bonchev–Trinajstić information content (AvgIpc) is 2.46. The highest BCUT2D eigenvalue weighted by atomic mass is 35.5. The van der Waals surface area contributed by atoms with Crippen LogP contribution in [0.25, 0.3) is 10.9 Å². The summed E-state index contributed by atoms with van der Waals surface area (Å²) in [6.07, 6.45) is 3.38. The van der Waals surface area contributed by atoms with Crippen LogP contribution in [0.5, 0.6) is 0 Å². The first-order chi connectivity index (χ1) is 9.65. The Morgan fingerprint density at radius 1 is 1.27 bits per heavy atom. The Kier molecular flexibility index (Phi) is 6.88. The second-order valence-electron chi connectivity index (χ2n) is 5.16. The van der Waals surface area contributed by atoms with Gasteiger partial charge in [-0.3, -0.25) is 9.78 Å². The van der Waals surface area contributed by atoms with Gasteiger partial charge in [-0.25, -0.2) is 0 Å². The maximum absolute atomic E-state index is 12.7. The number of hydrogen-bond acceptors (Lipinski definition) is 3. The molecular weight excluding hydrogens is 345 g/mol. The molecule has 1 aliphatic heterocycles. The fourth-order valence-corrected chi connectivity index (χ4v) is 2.82. The topological polar surface area (TPSA) is 59.2 Å². The molecule has 2 N–H and O–H groups in total. The lowest BCUT2D eigenvalue weighted by molar-refractivity contribution is 0.0716. The molecule has 1 aromatic heterocycles. The summed E-state index contributed by atoms with van der Waals surface area (Å²) < 4.78 is 0.